The summed E-state index contributed by atoms with van der Waals surface area (Å²) in [5.74, 6) is 0.528. The minimum atomic E-state index is -0.213. The lowest BCUT2D eigenvalue weighted by Gasteiger charge is -2.06. The van der Waals surface area contributed by atoms with Crippen LogP contribution in [0.15, 0.2) is 29.3 Å². The summed E-state index contributed by atoms with van der Waals surface area (Å²) in [6.45, 7) is 2.17. The molecule has 0 atom stereocenters. The Hall–Kier alpha value is -1.82. The van der Waals surface area contributed by atoms with Crippen molar-refractivity contribution < 1.29 is 9.59 Å². The number of rotatable bonds is 2. The molecule has 0 bridgehead atoms. The lowest BCUT2D eigenvalue weighted by molar-refractivity contribution is -0.114. The van der Waals surface area contributed by atoms with Crippen LogP contribution in [0.4, 0.5) is 5.69 Å². The van der Waals surface area contributed by atoms with Crippen LogP contribution in [0, 0.1) is 0 Å². The predicted molar refractivity (Wildman–Crippen MR) is 73.0 cm³/mol. The van der Waals surface area contributed by atoms with E-state index in [2.05, 4.69) is 15.6 Å². The number of carbonyl (C=O) groups excluding carboxylic acids is 2. The number of hydrogen-bond acceptors (Lipinski definition) is 4. The second-order valence-corrected chi connectivity index (χ2v) is 4.84. The molecule has 0 radical (unpaired) electrons. The molecular weight excluding hydrogens is 250 g/mol. The van der Waals surface area contributed by atoms with Crippen molar-refractivity contribution in [2.24, 2.45) is 4.99 Å². The normalized spacial score (nSPS) is 13.9. The zero-order chi connectivity index (χ0) is 13.0. The van der Waals surface area contributed by atoms with Crippen LogP contribution in [0.25, 0.3) is 0 Å². The van der Waals surface area contributed by atoms with Gasteiger partial charge in [-0.1, -0.05) is 17.8 Å². The smallest absolute Gasteiger partial charge is 0.257 e. The fraction of sp³-hybridized carbons (Fsp3) is 0.250. The standard InChI is InChI=1S/C12H13N3O2S/c1-8(16)14-10-4-2-3-9(7-10)11(17)15-12-13-5-6-18-12/h2-4,7H,5-6H2,1H3,(H,14,16)(H,13,15,17). The largest absolute Gasteiger partial charge is 0.326 e. The van der Waals surface area contributed by atoms with Crippen LogP contribution < -0.4 is 10.6 Å². The molecule has 5 nitrogen and oxygen atoms in total. The number of nitrogens with zero attached hydrogens (tertiary/aromatic N) is 1. The lowest BCUT2D eigenvalue weighted by atomic mass is 10.2. The molecular formula is C12H13N3O2S. The number of thioether (sulfide) groups is 1. The summed E-state index contributed by atoms with van der Waals surface area (Å²) >= 11 is 1.53. The summed E-state index contributed by atoms with van der Waals surface area (Å²) in [7, 11) is 0. The molecule has 1 aromatic rings. The highest BCUT2D eigenvalue weighted by molar-refractivity contribution is 8.14. The maximum Gasteiger partial charge on any atom is 0.257 e. The molecule has 94 valence electrons. The summed E-state index contributed by atoms with van der Waals surface area (Å²) in [6.07, 6.45) is 0. The number of amidine groups is 1. The summed E-state index contributed by atoms with van der Waals surface area (Å²) in [5, 5.41) is 6.03. The van der Waals surface area contributed by atoms with Gasteiger partial charge in [0.1, 0.15) is 0 Å². The molecule has 1 aliphatic heterocycles. The molecule has 0 unspecified atom stereocenters. The third-order valence-electron chi connectivity index (χ3n) is 2.25. The van der Waals surface area contributed by atoms with Crippen molar-refractivity contribution in [2.75, 3.05) is 17.6 Å². The number of benzene rings is 1. The average molecular weight is 263 g/mol. The van der Waals surface area contributed by atoms with Crippen molar-refractivity contribution in [1.29, 1.82) is 0 Å². The maximum atomic E-state index is 11.9. The van der Waals surface area contributed by atoms with E-state index in [1.165, 1.54) is 18.7 Å². The van der Waals surface area contributed by atoms with Crippen LogP contribution in [0.5, 0.6) is 0 Å². The van der Waals surface area contributed by atoms with Crippen molar-refractivity contribution in [2.45, 2.75) is 6.92 Å². The molecule has 6 heteroatoms. The molecule has 0 spiro atoms. The van der Waals surface area contributed by atoms with E-state index in [1.807, 2.05) is 0 Å². The zero-order valence-corrected chi connectivity index (χ0v) is 10.7. The van der Waals surface area contributed by atoms with Gasteiger partial charge in [0.15, 0.2) is 5.17 Å². The molecule has 0 aliphatic carbocycles. The fourth-order valence-electron chi connectivity index (χ4n) is 1.52. The van der Waals surface area contributed by atoms with Gasteiger partial charge in [-0.25, -0.2) is 0 Å². The molecule has 1 heterocycles. The third kappa shape index (κ3) is 3.33. The maximum absolute atomic E-state index is 11.9. The van der Waals surface area contributed by atoms with E-state index >= 15 is 0 Å². The topological polar surface area (TPSA) is 70.6 Å². The van der Waals surface area contributed by atoms with E-state index in [0.717, 1.165) is 12.3 Å². The Kier molecular flexibility index (Phi) is 3.99. The Labute approximate surface area is 109 Å². The van der Waals surface area contributed by atoms with Gasteiger partial charge in [0.25, 0.3) is 5.91 Å². The molecule has 0 fully saturated rings. The highest BCUT2D eigenvalue weighted by Gasteiger charge is 2.12. The van der Waals surface area contributed by atoms with E-state index in [-0.39, 0.29) is 11.8 Å². The van der Waals surface area contributed by atoms with Gasteiger partial charge in [-0.2, -0.15) is 0 Å². The molecule has 1 aliphatic rings. The monoisotopic (exact) mass is 263 g/mol. The second kappa shape index (κ2) is 5.68. The van der Waals surface area contributed by atoms with Crippen molar-refractivity contribution >= 4 is 34.4 Å². The third-order valence-corrected chi connectivity index (χ3v) is 3.14. The van der Waals surface area contributed by atoms with Gasteiger partial charge in [0.2, 0.25) is 5.91 Å². The first-order valence-electron chi connectivity index (χ1n) is 5.51. The van der Waals surface area contributed by atoms with Crippen molar-refractivity contribution in [3.8, 4) is 0 Å². The van der Waals surface area contributed by atoms with Gasteiger partial charge in [0.05, 0.1) is 6.54 Å². The summed E-state index contributed by atoms with van der Waals surface area (Å²) in [6, 6.07) is 6.79. The SMILES string of the molecule is CC(=O)Nc1cccc(C(=O)NC2=NCCS2)c1. The van der Waals surface area contributed by atoms with Gasteiger partial charge in [-0.15, -0.1) is 0 Å². The average Bonchev–Trinajstić information content (AvgIpc) is 2.81. The fourth-order valence-corrected chi connectivity index (χ4v) is 2.24. The number of aliphatic imine (C=N–C) groups is 1. The minimum Gasteiger partial charge on any atom is -0.326 e. The molecule has 1 aromatic carbocycles. The van der Waals surface area contributed by atoms with Gasteiger partial charge < -0.3 is 10.6 Å². The van der Waals surface area contributed by atoms with Crippen LogP contribution in [-0.4, -0.2) is 29.3 Å². The minimum absolute atomic E-state index is 0.164. The van der Waals surface area contributed by atoms with E-state index in [0.29, 0.717) is 16.4 Å². The van der Waals surface area contributed by atoms with Gasteiger partial charge in [0, 0.05) is 23.9 Å². The summed E-state index contributed by atoms with van der Waals surface area (Å²) in [4.78, 5) is 27.0. The summed E-state index contributed by atoms with van der Waals surface area (Å²) in [5.41, 5.74) is 1.10. The number of hydrogen-bond donors (Lipinski definition) is 2. The Balaban J connectivity index is 2.07. The zero-order valence-electron chi connectivity index (χ0n) is 9.90. The molecule has 2 N–H and O–H groups in total. The first-order chi connectivity index (χ1) is 8.65. The van der Waals surface area contributed by atoms with Crippen molar-refractivity contribution in [1.82, 2.24) is 5.32 Å². The van der Waals surface area contributed by atoms with E-state index in [1.54, 1.807) is 24.3 Å². The van der Waals surface area contributed by atoms with Crippen molar-refractivity contribution in [3.05, 3.63) is 29.8 Å². The number of carbonyl (C=O) groups is 2. The Bertz CT molecular complexity index is 514. The van der Waals surface area contributed by atoms with Gasteiger partial charge in [-0.05, 0) is 18.2 Å². The highest BCUT2D eigenvalue weighted by atomic mass is 32.2. The van der Waals surface area contributed by atoms with Crippen LogP contribution in [0.3, 0.4) is 0 Å². The molecule has 0 aromatic heterocycles. The molecule has 0 saturated heterocycles. The van der Waals surface area contributed by atoms with Crippen LogP contribution in [0.2, 0.25) is 0 Å². The van der Waals surface area contributed by atoms with Gasteiger partial charge >= 0.3 is 0 Å². The highest BCUT2D eigenvalue weighted by Crippen LogP contribution is 2.13. The molecule has 0 saturated carbocycles. The first kappa shape index (κ1) is 12.6. The van der Waals surface area contributed by atoms with Crippen LogP contribution in [0.1, 0.15) is 17.3 Å². The van der Waals surface area contributed by atoms with E-state index < -0.39 is 0 Å². The van der Waals surface area contributed by atoms with Crippen molar-refractivity contribution in [3.63, 3.8) is 0 Å². The summed E-state index contributed by atoms with van der Waals surface area (Å²) < 4.78 is 0. The Morgan fingerprint density at radius 3 is 2.83 bits per heavy atom. The number of anilines is 1. The Morgan fingerprint density at radius 2 is 2.17 bits per heavy atom. The lowest BCUT2D eigenvalue weighted by Crippen LogP contribution is -2.27. The second-order valence-electron chi connectivity index (χ2n) is 3.75. The van der Waals surface area contributed by atoms with Crippen LogP contribution in [-0.2, 0) is 4.79 Å². The number of amides is 2. The molecule has 2 rings (SSSR count). The quantitative estimate of drug-likeness (QED) is 0.849. The predicted octanol–water partition coefficient (Wildman–Crippen LogP) is 1.48. The van der Waals surface area contributed by atoms with E-state index in [4.69, 9.17) is 0 Å². The van der Waals surface area contributed by atoms with Crippen LogP contribution >= 0.6 is 11.8 Å². The van der Waals surface area contributed by atoms with Gasteiger partial charge in [-0.3, -0.25) is 14.6 Å². The van der Waals surface area contributed by atoms with E-state index in [9.17, 15) is 9.59 Å². The first-order valence-corrected chi connectivity index (χ1v) is 6.50. The molecule has 2 amide bonds. The number of nitrogens with one attached hydrogen (secondary N) is 2. The Morgan fingerprint density at radius 1 is 1.33 bits per heavy atom. The molecule has 18 heavy (non-hydrogen) atoms.